The van der Waals surface area contributed by atoms with Crippen LogP contribution in [0.4, 0.5) is 0 Å². The Labute approximate surface area is 379 Å². The van der Waals surface area contributed by atoms with Gasteiger partial charge in [-0.3, -0.25) is 0 Å². The predicted octanol–water partition coefficient (Wildman–Crippen LogP) is 9.20. The van der Waals surface area contributed by atoms with Crippen molar-refractivity contribution < 1.29 is 4.65 Å². The molecular weight excluding hydrogens is 799 g/mol. The van der Waals surface area contributed by atoms with E-state index in [1.807, 2.05) is 159 Å². The lowest BCUT2D eigenvalue weighted by Gasteiger charge is -2.34. The zero-order chi connectivity index (χ0) is 44.1. The molecule has 0 radical (unpaired) electrons. The van der Waals surface area contributed by atoms with E-state index < -0.39 is 18.0 Å². The molecule has 314 valence electrons. The molecule has 10 rings (SSSR count). The molecule has 0 atom stereocenters. The Kier molecular flexibility index (Phi) is 11.3. The number of rotatable bonds is 14. The van der Waals surface area contributed by atoms with Gasteiger partial charge >= 0.3 is 6.92 Å². The van der Waals surface area contributed by atoms with Gasteiger partial charge in [0.25, 0.3) is 0 Å². The fourth-order valence-electron chi connectivity index (χ4n) is 9.14. The van der Waals surface area contributed by atoms with Crippen LogP contribution in [0, 0.1) is 0 Å². The molecular formula is C55H45BN8O. The molecule has 0 aliphatic carbocycles. The van der Waals surface area contributed by atoms with Crippen molar-refractivity contribution in [3.8, 4) is 22.8 Å². The summed E-state index contributed by atoms with van der Waals surface area (Å²) in [4.78, 5) is 3.51. The molecule has 0 fully saturated rings. The van der Waals surface area contributed by atoms with Gasteiger partial charge in [0.15, 0.2) is 11.1 Å². The van der Waals surface area contributed by atoms with Crippen LogP contribution in [0.1, 0.15) is 47.2 Å². The average molecular weight is 845 g/mol. The molecule has 0 unspecified atom stereocenters. The number of tetrazole rings is 2. The normalized spacial score (nSPS) is 11.7. The summed E-state index contributed by atoms with van der Waals surface area (Å²) in [7, 11) is 0. The lowest BCUT2D eigenvalue weighted by Crippen LogP contribution is -2.48. The maximum Gasteiger partial charge on any atom is 0.363 e. The van der Waals surface area contributed by atoms with Crippen LogP contribution in [-0.2, 0) is 15.7 Å². The molecule has 0 amide bonds. The number of hydrogen-bond donors (Lipinski definition) is 0. The van der Waals surface area contributed by atoms with Crippen LogP contribution in [0.2, 0.25) is 0 Å². The molecule has 10 aromatic rings. The van der Waals surface area contributed by atoms with Gasteiger partial charge in [0, 0.05) is 17.2 Å². The Bertz CT molecular complexity index is 2710. The van der Waals surface area contributed by atoms with E-state index in [9.17, 15) is 0 Å². The predicted molar refractivity (Wildman–Crippen MR) is 257 cm³/mol. The Morgan fingerprint density at radius 3 is 0.908 bits per heavy atom. The third kappa shape index (κ3) is 7.43. The second-order valence-corrected chi connectivity index (χ2v) is 16.2. The topological polar surface area (TPSA) is 96.4 Å². The van der Waals surface area contributed by atoms with E-state index in [0.29, 0.717) is 11.6 Å². The molecule has 0 saturated carbocycles. The van der Waals surface area contributed by atoms with Gasteiger partial charge in [-0.15, -0.1) is 30.0 Å². The first kappa shape index (κ1) is 41.0. The van der Waals surface area contributed by atoms with Crippen molar-refractivity contribution >= 4 is 17.8 Å². The zero-order valence-corrected chi connectivity index (χ0v) is 36.1. The Morgan fingerprint density at radius 2 is 0.631 bits per heavy atom. The summed E-state index contributed by atoms with van der Waals surface area (Å²) in [5, 5.41) is 30.0. The number of benzene rings is 8. The lowest BCUT2D eigenvalue weighted by molar-refractivity contribution is 0.253. The highest BCUT2D eigenvalue weighted by Crippen LogP contribution is 2.41. The second kappa shape index (κ2) is 18.0. The van der Waals surface area contributed by atoms with Gasteiger partial charge in [-0.25, -0.2) is 0 Å². The molecule has 0 N–H and O–H groups in total. The first-order valence-electron chi connectivity index (χ1n) is 21.9. The highest BCUT2D eigenvalue weighted by molar-refractivity contribution is 6.82. The molecule has 0 aliphatic rings. The van der Waals surface area contributed by atoms with Crippen LogP contribution >= 0.6 is 0 Å². The van der Waals surface area contributed by atoms with E-state index >= 15 is 0 Å². The van der Waals surface area contributed by atoms with Crippen LogP contribution in [0.15, 0.2) is 231 Å². The zero-order valence-electron chi connectivity index (χ0n) is 36.1. The van der Waals surface area contributed by atoms with Crippen molar-refractivity contribution in [2.75, 3.05) is 0 Å². The van der Waals surface area contributed by atoms with Crippen molar-refractivity contribution in [2.24, 2.45) is 0 Å². The summed E-state index contributed by atoms with van der Waals surface area (Å²) in [6.45, 7) is 3.51. The Balaban J connectivity index is 1.12. The van der Waals surface area contributed by atoms with Gasteiger partial charge in [0.05, 0.1) is 0 Å². The summed E-state index contributed by atoms with van der Waals surface area (Å²) in [5.41, 5.74) is 7.46. The molecule has 9 nitrogen and oxygen atoms in total. The van der Waals surface area contributed by atoms with Crippen LogP contribution in [0.5, 0.6) is 0 Å². The monoisotopic (exact) mass is 844 g/mol. The van der Waals surface area contributed by atoms with E-state index in [1.165, 1.54) is 0 Å². The molecule has 2 aromatic heterocycles. The van der Waals surface area contributed by atoms with E-state index in [0.717, 1.165) is 55.4 Å². The van der Waals surface area contributed by atoms with Crippen LogP contribution in [0.25, 0.3) is 22.8 Å². The first-order valence-corrected chi connectivity index (χ1v) is 21.9. The summed E-state index contributed by atoms with van der Waals surface area (Å²) in [6.07, 6.45) is -0.155. The van der Waals surface area contributed by atoms with E-state index in [1.54, 1.807) is 9.59 Å². The van der Waals surface area contributed by atoms with Gasteiger partial charge in [-0.2, -0.15) is 0 Å². The number of hydrogen-bond acceptors (Lipinski definition) is 7. The maximum absolute atomic E-state index is 6.95. The second-order valence-electron chi connectivity index (χ2n) is 16.2. The minimum Gasteiger partial charge on any atom is -0.425 e. The molecule has 0 spiro atoms. The molecule has 0 bridgehead atoms. The molecule has 2 heterocycles. The Morgan fingerprint density at radius 1 is 0.369 bits per heavy atom. The SMILES string of the molecule is CC(C)OB(c1ccccc1-c1nnn(C(c2ccccc2)(c2ccccc2)c2ccccc2)n1)c1ccccc1-c1nnn(C(c2ccccc2)(c2ccccc2)c2ccccc2)n1. The quantitative estimate of drug-likeness (QED) is 0.0796. The van der Waals surface area contributed by atoms with E-state index in [2.05, 4.69) is 84.9 Å². The minimum atomic E-state index is -0.934. The van der Waals surface area contributed by atoms with Gasteiger partial charge < -0.3 is 4.65 Å². The highest BCUT2D eigenvalue weighted by atomic mass is 16.4. The molecule has 0 aliphatic heterocycles. The maximum atomic E-state index is 6.95. The summed E-state index contributed by atoms with van der Waals surface area (Å²) in [5.74, 6) is 0.926. The fraction of sp³-hybridized carbons (Fsp3) is 0.0909. The van der Waals surface area contributed by atoms with E-state index in [4.69, 9.17) is 35.5 Å². The third-order valence-electron chi connectivity index (χ3n) is 12.0. The van der Waals surface area contributed by atoms with Crippen molar-refractivity contribution in [2.45, 2.75) is 31.0 Å². The molecule has 0 saturated heterocycles. The van der Waals surface area contributed by atoms with E-state index in [-0.39, 0.29) is 6.10 Å². The third-order valence-corrected chi connectivity index (χ3v) is 12.0. The summed E-state index contributed by atoms with van der Waals surface area (Å²) in [6, 6.07) is 78.4. The van der Waals surface area contributed by atoms with Crippen molar-refractivity contribution in [1.82, 2.24) is 40.4 Å². The summed E-state index contributed by atoms with van der Waals surface area (Å²) >= 11 is 0. The van der Waals surface area contributed by atoms with Gasteiger partial charge in [0.2, 0.25) is 11.6 Å². The largest absolute Gasteiger partial charge is 0.425 e. The van der Waals surface area contributed by atoms with Gasteiger partial charge in [-0.1, -0.05) is 231 Å². The molecule has 10 heteroatoms. The standard InChI is InChI=1S/C55H45BN8O/c1-41(2)65-56(50-39-23-21-37-48(50)52-57-61-63(59-52)54(42-25-9-3-10-26-42,43-27-11-4-12-28-43)44-29-13-5-14-30-44)51-40-24-22-38-49(51)53-58-62-64(60-53)55(45-31-15-6-16-32-45,46-33-17-7-18-34-46)47-35-19-8-20-36-47/h3-41H,1-2H3. The molecule has 8 aromatic carbocycles. The van der Waals surface area contributed by atoms with Crippen LogP contribution < -0.4 is 10.9 Å². The average Bonchev–Trinajstić information content (AvgIpc) is 4.08. The lowest BCUT2D eigenvalue weighted by atomic mass is 9.52. The van der Waals surface area contributed by atoms with Crippen molar-refractivity contribution in [1.29, 1.82) is 0 Å². The number of aromatic nitrogens is 8. The van der Waals surface area contributed by atoms with Crippen molar-refractivity contribution in [3.05, 3.63) is 264 Å². The Hall–Kier alpha value is -8.08. The summed E-state index contributed by atoms with van der Waals surface area (Å²) < 4.78 is 6.95. The van der Waals surface area contributed by atoms with Crippen LogP contribution in [0.3, 0.4) is 0 Å². The van der Waals surface area contributed by atoms with Crippen molar-refractivity contribution in [3.63, 3.8) is 0 Å². The molecule has 65 heavy (non-hydrogen) atoms. The van der Waals surface area contributed by atoms with Crippen LogP contribution in [-0.4, -0.2) is 53.4 Å². The highest BCUT2D eigenvalue weighted by Gasteiger charge is 2.43. The smallest absolute Gasteiger partial charge is 0.363 e. The fourth-order valence-corrected chi connectivity index (χ4v) is 9.14. The number of nitrogens with zero attached hydrogens (tertiary/aromatic N) is 8. The van der Waals surface area contributed by atoms with Gasteiger partial charge in [-0.05, 0) is 68.6 Å². The first-order chi connectivity index (χ1) is 32.1. The van der Waals surface area contributed by atoms with Gasteiger partial charge in [0.1, 0.15) is 0 Å². The minimum absolute atomic E-state index is 0.155.